The van der Waals surface area contributed by atoms with Gasteiger partial charge in [-0.25, -0.2) is 0 Å². The lowest BCUT2D eigenvalue weighted by Gasteiger charge is -2.27. The third-order valence-corrected chi connectivity index (χ3v) is 3.90. The summed E-state index contributed by atoms with van der Waals surface area (Å²) in [5.41, 5.74) is -1.74. The Balaban J connectivity index is 2.07. The molecular weight excluding hydrogens is 267 g/mol. The normalized spacial score (nSPS) is 20.1. The molecule has 0 aromatic heterocycles. The van der Waals surface area contributed by atoms with Gasteiger partial charge in [-0.1, -0.05) is 25.0 Å². The van der Waals surface area contributed by atoms with Gasteiger partial charge in [0.1, 0.15) is 0 Å². The Morgan fingerprint density at radius 1 is 1.20 bits per heavy atom. The molecule has 2 nitrogen and oxygen atoms in total. The second-order valence-corrected chi connectivity index (χ2v) is 5.71. The predicted octanol–water partition coefficient (Wildman–Crippen LogP) is 3.45. The van der Waals surface area contributed by atoms with Crippen LogP contribution in [0.15, 0.2) is 24.3 Å². The van der Waals surface area contributed by atoms with Crippen molar-refractivity contribution in [1.29, 1.82) is 0 Å². The minimum absolute atomic E-state index is 0.263. The minimum Gasteiger partial charge on any atom is -0.384 e. The highest BCUT2D eigenvalue weighted by atomic mass is 19.4. The molecule has 0 spiro atoms. The standard InChI is InChI=1S/C15H20F3NO/c1-14(20,10-19-13-7-2-3-8-13)11-5-4-6-12(9-11)15(16,17)18/h4-6,9,13,19-20H,2-3,7-8,10H2,1H3. The van der Waals surface area contributed by atoms with Crippen LogP contribution in [-0.4, -0.2) is 17.7 Å². The zero-order valence-electron chi connectivity index (χ0n) is 11.5. The number of aliphatic hydroxyl groups is 1. The van der Waals surface area contributed by atoms with Crippen LogP contribution in [0.2, 0.25) is 0 Å². The van der Waals surface area contributed by atoms with E-state index in [0.717, 1.165) is 25.0 Å². The van der Waals surface area contributed by atoms with E-state index >= 15 is 0 Å². The van der Waals surface area contributed by atoms with Gasteiger partial charge in [-0.3, -0.25) is 0 Å². The van der Waals surface area contributed by atoms with Gasteiger partial charge >= 0.3 is 6.18 Å². The van der Waals surface area contributed by atoms with Crippen molar-refractivity contribution in [2.45, 2.75) is 50.4 Å². The Morgan fingerprint density at radius 3 is 2.40 bits per heavy atom. The van der Waals surface area contributed by atoms with Gasteiger partial charge in [-0.05, 0) is 37.5 Å². The van der Waals surface area contributed by atoms with Crippen molar-refractivity contribution in [2.24, 2.45) is 0 Å². The van der Waals surface area contributed by atoms with E-state index in [0.29, 0.717) is 6.04 Å². The molecule has 1 aromatic rings. The Kier molecular flexibility index (Phi) is 4.39. The first-order chi connectivity index (χ1) is 9.29. The fourth-order valence-corrected chi connectivity index (χ4v) is 2.61. The summed E-state index contributed by atoms with van der Waals surface area (Å²) in [6.45, 7) is 1.81. The highest BCUT2D eigenvalue weighted by Gasteiger charge is 2.33. The summed E-state index contributed by atoms with van der Waals surface area (Å²) < 4.78 is 38.1. The molecule has 0 aliphatic heterocycles. The quantitative estimate of drug-likeness (QED) is 0.889. The molecule has 0 heterocycles. The van der Waals surface area contributed by atoms with E-state index in [1.165, 1.54) is 25.0 Å². The molecule has 1 atom stereocenters. The van der Waals surface area contributed by atoms with Gasteiger partial charge in [-0.2, -0.15) is 13.2 Å². The third kappa shape index (κ3) is 3.73. The topological polar surface area (TPSA) is 32.3 Å². The van der Waals surface area contributed by atoms with Crippen LogP contribution >= 0.6 is 0 Å². The molecule has 0 saturated heterocycles. The molecule has 5 heteroatoms. The van der Waals surface area contributed by atoms with Crippen molar-refractivity contribution in [2.75, 3.05) is 6.54 Å². The van der Waals surface area contributed by atoms with Gasteiger partial charge in [0.25, 0.3) is 0 Å². The molecule has 112 valence electrons. The summed E-state index contributed by atoms with van der Waals surface area (Å²) in [4.78, 5) is 0. The summed E-state index contributed by atoms with van der Waals surface area (Å²) in [5, 5.41) is 13.7. The van der Waals surface area contributed by atoms with E-state index in [4.69, 9.17) is 0 Å². The van der Waals surface area contributed by atoms with Crippen molar-refractivity contribution in [3.05, 3.63) is 35.4 Å². The largest absolute Gasteiger partial charge is 0.416 e. The average molecular weight is 287 g/mol. The Bertz CT molecular complexity index is 451. The van der Waals surface area contributed by atoms with Crippen molar-refractivity contribution in [3.8, 4) is 0 Å². The lowest BCUT2D eigenvalue weighted by Crippen LogP contribution is -2.39. The average Bonchev–Trinajstić information content (AvgIpc) is 2.89. The number of hydrogen-bond acceptors (Lipinski definition) is 2. The highest BCUT2D eigenvalue weighted by molar-refractivity contribution is 5.29. The van der Waals surface area contributed by atoms with Gasteiger partial charge in [0.2, 0.25) is 0 Å². The molecule has 0 bridgehead atoms. The van der Waals surface area contributed by atoms with Crippen LogP contribution in [0.3, 0.4) is 0 Å². The number of hydrogen-bond donors (Lipinski definition) is 2. The van der Waals surface area contributed by atoms with E-state index in [1.807, 2.05) is 0 Å². The van der Waals surface area contributed by atoms with E-state index < -0.39 is 17.3 Å². The molecule has 0 amide bonds. The van der Waals surface area contributed by atoms with E-state index in [-0.39, 0.29) is 12.1 Å². The van der Waals surface area contributed by atoms with Gasteiger partial charge in [-0.15, -0.1) is 0 Å². The highest BCUT2D eigenvalue weighted by Crippen LogP contribution is 2.32. The number of halogens is 3. The molecule has 2 rings (SSSR count). The van der Waals surface area contributed by atoms with Crippen LogP contribution in [0.4, 0.5) is 13.2 Å². The lowest BCUT2D eigenvalue weighted by atomic mass is 9.94. The maximum absolute atomic E-state index is 12.7. The van der Waals surface area contributed by atoms with Crippen molar-refractivity contribution in [3.63, 3.8) is 0 Å². The Morgan fingerprint density at radius 2 is 1.80 bits per heavy atom. The predicted molar refractivity (Wildman–Crippen MR) is 71.3 cm³/mol. The van der Waals surface area contributed by atoms with Crippen LogP contribution < -0.4 is 5.32 Å². The number of benzene rings is 1. The zero-order chi connectivity index (χ0) is 14.8. The molecule has 1 fully saturated rings. The van der Waals surface area contributed by atoms with Crippen molar-refractivity contribution >= 4 is 0 Å². The third-order valence-electron chi connectivity index (χ3n) is 3.90. The van der Waals surface area contributed by atoms with Crippen molar-refractivity contribution in [1.82, 2.24) is 5.32 Å². The first kappa shape index (κ1) is 15.3. The zero-order valence-corrected chi connectivity index (χ0v) is 11.5. The van der Waals surface area contributed by atoms with E-state index in [2.05, 4.69) is 5.32 Å². The summed E-state index contributed by atoms with van der Waals surface area (Å²) in [6, 6.07) is 5.28. The van der Waals surface area contributed by atoms with Crippen LogP contribution in [0, 0.1) is 0 Å². The SMILES string of the molecule is CC(O)(CNC1CCCC1)c1cccc(C(F)(F)F)c1. The first-order valence-corrected chi connectivity index (χ1v) is 6.92. The van der Waals surface area contributed by atoms with Crippen molar-refractivity contribution < 1.29 is 18.3 Å². The smallest absolute Gasteiger partial charge is 0.384 e. The fourth-order valence-electron chi connectivity index (χ4n) is 2.61. The fraction of sp³-hybridized carbons (Fsp3) is 0.600. The van der Waals surface area contributed by atoms with E-state index in [9.17, 15) is 18.3 Å². The molecule has 1 aliphatic rings. The van der Waals surface area contributed by atoms with E-state index in [1.54, 1.807) is 6.92 Å². The molecule has 1 aliphatic carbocycles. The van der Waals surface area contributed by atoms with Gasteiger partial charge in [0.05, 0.1) is 11.2 Å². The Hall–Kier alpha value is -1.07. The second-order valence-electron chi connectivity index (χ2n) is 5.71. The first-order valence-electron chi connectivity index (χ1n) is 6.92. The molecule has 0 radical (unpaired) electrons. The summed E-state index contributed by atoms with van der Waals surface area (Å²) in [7, 11) is 0. The maximum Gasteiger partial charge on any atom is 0.416 e. The van der Waals surface area contributed by atoms with Gasteiger partial charge in [0.15, 0.2) is 0 Å². The number of alkyl halides is 3. The molecule has 1 unspecified atom stereocenters. The molecule has 20 heavy (non-hydrogen) atoms. The minimum atomic E-state index is -4.38. The molecule has 1 saturated carbocycles. The molecule has 2 N–H and O–H groups in total. The van der Waals surface area contributed by atoms with Crippen LogP contribution in [0.1, 0.15) is 43.7 Å². The maximum atomic E-state index is 12.7. The summed E-state index contributed by atoms with van der Waals surface area (Å²) >= 11 is 0. The monoisotopic (exact) mass is 287 g/mol. The number of rotatable bonds is 4. The second kappa shape index (κ2) is 5.74. The summed E-state index contributed by atoms with van der Waals surface area (Å²) in [5.74, 6) is 0. The van der Waals surface area contributed by atoms with Crippen LogP contribution in [0.5, 0.6) is 0 Å². The number of nitrogens with one attached hydrogen (secondary N) is 1. The van der Waals surface area contributed by atoms with Gasteiger partial charge < -0.3 is 10.4 Å². The molecule has 1 aromatic carbocycles. The Labute approximate surface area is 117 Å². The lowest BCUT2D eigenvalue weighted by molar-refractivity contribution is -0.137. The van der Waals surface area contributed by atoms with Crippen LogP contribution in [0.25, 0.3) is 0 Å². The summed E-state index contributed by atoms with van der Waals surface area (Å²) in [6.07, 6.45) is 0.0923. The van der Waals surface area contributed by atoms with Crippen LogP contribution in [-0.2, 0) is 11.8 Å². The van der Waals surface area contributed by atoms with Gasteiger partial charge in [0, 0.05) is 12.6 Å². The molecular formula is C15H20F3NO.